The second-order valence-electron chi connectivity index (χ2n) is 4.23. The van der Waals surface area contributed by atoms with Crippen LogP contribution in [0.2, 0.25) is 0 Å². The fourth-order valence-electron chi connectivity index (χ4n) is 1.87. The third-order valence-electron chi connectivity index (χ3n) is 2.77. The Morgan fingerprint density at radius 3 is 2.67 bits per heavy atom. The van der Waals surface area contributed by atoms with Gasteiger partial charge in [0.2, 0.25) is 0 Å². The van der Waals surface area contributed by atoms with E-state index in [1.807, 2.05) is 42.5 Å². The first-order valence-electron chi connectivity index (χ1n) is 5.90. The van der Waals surface area contributed by atoms with E-state index in [0.29, 0.717) is 6.54 Å². The number of rotatable bonds is 5. The molecule has 2 rings (SSSR count). The fourth-order valence-corrected chi connectivity index (χ4v) is 3.01. The highest BCUT2D eigenvalue weighted by atomic mass is 32.2. The van der Waals surface area contributed by atoms with Gasteiger partial charge >= 0.3 is 0 Å². The van der Waals surface area contributed by atoms with Gasteiger partial charge in [-0.1, -0.05) is 30.3 Å². The van der Waals surface area contributed by atoms with E-state index in [-0.39, 0.29) is 5.75 Å². The number of benzene rings is 2. The third kappa shape index (κ3) is 3.16. The van der Waals surface area contributed by atoms with Gasteiger partial charge in [0, 0.05) is 11.4 Å². The molecule has 0 spiro atoms. The smallest absolute Gasteiger partial charge is 0.0783 e. The predicted octanol–water partition coefficient (Wildman–Crippen LogP) is 1.53. The van der Waals surface area contributed by atoms with Crippen molar-refractivity contribution in [2.45, 2.75) is 11.0 Å². The third-order valence-corrected chi connectivity index (χ3v) is 4.23. The number of hydrogen-bond donors (Lipinski definition) is 2. The molecule has 2 N–H and O–H groups in total. The number of fused-ring (bicyclic) bond motifs is 1. The molecule has 0 saturated carbocycles. The zero-order valence-electron chi connectivity index (χ0n) is 10.3. The lowest BCUT2D eigenvalue weighted by molar-refractivity contribution is 0.198. The molecule has 2 atom stereocenters. The quantitative estimate of drug-likeness (QED) is 0.860. The fraction of sp³-hybridized carbons (Fsp3) is 0.286. The molecule has 0 radical (unpaired) electrons. The molecule has 0 aromatic heterocycles. The molecule has 2 aromatic carbocycles. The van der Waals surface area contributed by atoms with Crippen LogP contribution in [0.25, 0.3) is 10.8 Å². The Hall–Kier alpha value is -1.23. The molecule has 18 heavy (non-hydrogen) atoms. The van der Waals surface area contributed by atoms with Crippen molar-refractivity contribution in [3.63, 3.8) is 0 Å². The highest BCUT2D eigenvalue weighted by Crippen LogP contribution is 2.18. The van der Waals surface area contributed by atoms with Gasteiger partial charge in [0.1, 0.15) is 0 Å². The molecule has 0 aliphatic carbocycles. The van der Waals surface area contributed by atoms with Gasteiger partial charge in [-0.3, -0.25) is 4.21 Å². The summed E-state index contributed by atoms with van der Waals surface area (Å²) >= 11 is 0. The van der Waals surface area contributed by atoms with E-state index in [0.717, 1.165) is 15.7 Å². The van der Waals surface area contributed by atoms with Gasteiger partial charge in [-0.2, -0.15) is 0 Å². The summed E-state index contributed by atoms with van der Waals surface area (Å²) in [6, 6.07) is 13.7. The summed E-state index contributed by atoms with van der Waals surface area (Å²) in [5.41, 5.74) is 0. The van der Waals surface area contributed by atoms with Crippen molar-refractivity contribution in [2.75, 3.05) is 19.3 Å². The van der Waals surface area contributed by atoms with Crippen LogP contribution >= 0.6 is 0 Å². The van der Waals surface area contributed by atoms with Crippen LogP contribution in [0.3, 0.4) is 0 Å². The van der Waals surface area contributed by atoms with Crippen molar-refractivity contribution < 1.29 is 9.32 Å². The molecule has 0 aliphatic heterocycles. The maximum absolute atomic E-state index is 12.1. The first kappa shape index (κ1) is 13.2. The average Bonchev–Trinajstić information content (AvgIpc) is 2.38. The largest absolute Gasteiger partial charge is 0.391 e. The summed E-state index contributed by atoms with van der Waals surface area (Å²) < 4.78 is 12.1. The summed E-state index contributed by atoms with van der Waals surface area (Å²) in [5, 5.41) is 14.7. The average molecular weight is 263 g/mol. The van der Waals surface area contributed by atoms with E-state index < -0.39 is 16.9 Å². The number of likely N-dealkylation sites (N-methyl/N-ethyl adjacent to an activating group) is 1. The van der Waals surface area contributed by atoms with Crippen molar-refractivity contribution >= 4 is 21.6 Å². The Labute approximate surface area is 109 Å². The van der Waals surface area contributed by atoms with Gasteiger partial charge in [-0.05, 0) is 30.0 Å². The van der Waals surface area contributed by atoms with Crippen LogP contribution in [0, 0.1) is 0 Å². The Morgan fingerprint density at radius 2 is 1.94 bits per heavy atom. The summed E-state index contributed by atoms with van der Waals surface area (Å²) in [6.07, 6.45) is -0.581. The Bertz CT molecular complexity index is 556. The molecular weight excluding hydrogens is 246 g/mol. The number of aliphatic hydroxyl groups is 1. The highest BCUT2D eigenvalue weighted by molar-refractivity contribution is 7.85. The van der Waals surface area contributed by atoms with E-state index >= 15 is 0 Å². The van der Waals surface area contributed by atoms with Crippen molar-refractivity contribution in [3.8, 4) is 0 Å². The number of hydrogen-bond acceptors (Lipinski definition) is 3. The highest BCUT2D eigenvalue weighted by Gasteiger charge is 2.10. The lowest BCUT2D eigenvalue weighted by Gasteiger charge is -2.10. The molecule has 3 nitrogen and oxygen atoms in total. The van der Waals surface area contributed by atoms with E-state index in [1.54, 1.807) is 7.05 Å². The van der Waals surface area contributed by atoms with E-state index in [2.05, 4.69) is 5.32 Å². The van der Waals surface area contributed by atoms with Crippen LogP contribution < -0.4 is 5.32 Å². The number of nitrogens with one attached hydrogen (secondary N) is 1. The zero-order valence-corrected chi connectivity index (χ0v) is 11.1. The van der Waals surface area contributed by atoms with E-state index in [4.69, 9.17) is 0 Å². The first-order chi connectivity index (χ1) is 8.70. The lowest BCUT2D eigenvalue weighted by atomic mass is 10.1. The Kier molecular flexibility index (Phi) is 4.47. The minimum atomic E-state index is -1.16. The Balaban J connectivity index is 2.17. The second-order valence-corrected chi connectivity index (χ2v) is 5.73. The van der Waals surface area contributed by atoms with Gasteiger partial charge in [0.05, 0.1) is 22.7 Å². The van der Waals surface area contributed by atoms with Crippen molar-refractivity contribution in [1.82, 2.24) is 5.32 Å². The van der Waals surface area contributed by atoms with Crippen LogP contribution in [0.4, 0.5) is 0 Å². The molecule has 0 heterocycles. The molecular formula is C14H17NO2S. The zero-order chi connectivity index (χ0) is 13.0. The van der Waals surface area contributed by atoms with Crippen LogP contribution in [-0.2, 0) is 10.8 Å². The normalized spacial score (nSPS) is 14.6. The monoisotopic (exact) mass is 263 g/mol. The summed E-state index contributed by atoms with van der Waals surface area (Å²) in [4.78, 5) is 0.767. The summed E-state index contributed by atoms with van der Waals surface area (Å²) in [6.45, 7) is 0.458. The molecule has 0 bridgehead atoms. The minimum Gasteiger partial charge on any atom is -0.391 e. The summed E-state index contributed by atoms with van der Waals surface area (Å²) in [7, 11) is 0.605. The molecule has 0 amide bonds. The molecule has 0 aliphatic rings. The molecule has 0 saturated heterocycles. The maximum atomic E-state index is 12.1. The lowest BCUT2D eigenvalue weighted by Crippen LogP contribution is -2.28. The number of aliphatic hydroxyl groups excluding tert-OH is 1. The minimum absolute atomic E-state index is 0.263. The van der Waals surface area contributed by atoms with Crippen LogP contribution in [0.5, 0.6) is 0 Å². The van der Waals surface area contributed by atoms with Crippen molar-refractivity contribution in [2.24, 2.45) is 0 Å². The van der Waals surface area contributed by atoms with Crippen molar-refractivity contribution in [1.29, 1.82) is 0 Å². The maximum Gasteiger partial charge on any atom is 0.0783 e. The second kappa shape index (κ2) is 6.09. The molecule has 4 heteroatoms. The Morgan fingerprint density at radius 1 is 1.22 bits per heavy atom. The van der Waals surface area contributed by atoms with Gasteiger partial charge in [0.25, 0.3) is 0 Å². The summed E-state index contributed by atoms with van der Waals surface area (Å²) in [5.74, 6) is 0.263. The van der Waals surface area contributed by atoms with Crippen LogP contribution in [0.1, 0.15) is 0 Å². The topological polar surface area (TPSA) is 49.3 Å². The molecule has 2 aromatic rings. The van der Waals surface area contributed by atoms with E-state index in [1.165, 1.54) is 0 Å². The molecule has 2 unspecified atom stereocenters. The first-order valence-corrected chi connectivity index (χ1v) is 7.22. The van der Waals surface area contributed by atoms with Gasteiger partial charge < -0.3 is 10.4 Å². The SMILES string of the molecule is CNCC(O)CS(=O)c1ccc2ccccc2c1. The van der Waals surface area contributed by atoms with Crippen LogP contribution in [-0.4, -0.2) is 34.8 Å². The van der Waals surface area contributed by atoms with Gasteiger partial charge in [0.15, 0.2) is 0 Å². The van der Waals surface area contributed by atoms with Crippen LogP contribution in [0.15, 0.2) is 47.4 Å². The predicted molar refractivity (Wildman–Crippen MR) is 75.2 cm³/mol. The molecule has 96 valence electrons. The standard InChI is InChI=1S/C14H17NO2S/c1-15-9-13(16)10-18(17)14-7-6-11-4-2-3-5-12(11)8-14/h2-8,13,15-16H,9-10H2,1H3. The van der Waals surface area contributed by atoms with Gasteiger partial charge in [-0.15, -0.1) is 0 Å². The van der Waals surface area contributed by atoms with Gasteiger partial charge in [-0.25, -0.2) is 0 Å². The van der Waals surface area contributed by atoms with E-state index in [9.17, 15) is 9.32 Å². The molecule has 0 fully saturated rings. The van der Waals surface area contributed by atoms with Crippen molar-refractivity contribution in [3.05, 3.63) is 42.5 Å².